The van der Waals surface area contributed by atoms with Crippen molar-refractivity contribution in [2.45, 2.75) is 6.92 Å². The zero-order valence-electron chi connectivity index (χ0n) is 10.6. The van der Waals surface area contributed by atoms with Gasteiger partial charge in [0.25, 0.3) is 0 Å². The predicted molar refractivity (Wildman–Crippen MR) is 74.9 cm³/mol. The lowest BCUT2D eigenvalue weighted by Crippen LogP contribution is -1.90. The average molecular weight is 255 g/mol. The summed E-state index contributed by atoms with van der Waals surface area (Å²) in [5.41, 5.74) is 2.96. The van der Waals surface area contributed by atoms with Gasteiger partial charge >= 0.3 is 0 Å². The van der Waals surface area contributed by atoms with Crippen LogP contribution in [0.4, 0.5) is 4.39 Å². The lowest BCUT2D eigenvalue weighted by molar-refractivity contribution is 0.340. The second-order valence-corrected chi connectivity index (χ2v) is 4.37. The first-order valence-electron chi connectivity index (χ1n) is 6.28. The second-order valence-electron chi connectivity index (χ2n) is 4.37. The lowest BCUT2D eigenvalue weighted by atomic mass is 10.1. The highest BCUT2D eigenvalue weighted by Gasteiger charge is 2.04. The second kappa shape index (κ2) is 4.76. The van der Waals surface area contributed by atoms with Crippen molar-refractivity contribution in [3.05, 3.63) is 54.3 Å². The van der Waals surface area contributed by atoms with Gasteiger partial charge in [-0.2, -0.15) is 0 Å². The monoisotopic (exact) mass is 255 g/mol. The third-order valence-corrected chi connectivity index (χ3v) is 3.06. The highest BCUT2D eigenvalue weighted by Crippen LogP contribution is 2.27. The summed E-state index contributed by atoms with van der Waals surface area (Å²) >= 11 is 0. The molecule has 0 aliphatic rings. The molecule has 96 valence electrons. The molecule has 2 nitrogen and oxygen atoms in total. The molecule has 0 saturated heterocycles. The smallest absolute Gasteiger partial charge is 0.123 e. The van der Waals surface area contributed by atoms with Crippen molar-refractivity contribution in [2.75, 3.05) is 6.61 Å². The molecule has 0 spiro atoms. The van der Waals surface area contributed by atoms with E-state index >= 15 is 0 Å². The van der Waals surface area contributed by atoms with Crippen LogP contribution in [0.15, 0.2) is 48.5 Å². The maximum absolute atomic E-state index is 12.9. The van der Waals surface area contributed by atoms with E-state index in [4.69, 9.17) is 4.74 Å². The minimum absolute atomic E-state index is 0.224. The maximum Gasteiger partial charge on any atom is 0.123 e. The topological polar surface area (TPSA) is 25.0 Å². The number of aromatic amines is 1. The van der Waals surface area contributed by atoms with Crippen molar-refractivity contribution in [3.8, 4) is 17.0 Å². The van der Waals surface area contributed by atoms with Crippen LogP contribution in [0.2, 0.25) is 0 Å². The summed E-state index contributed by atoms with van der Waals surface area (Å²) in [4.78, 5) is 3.33. The molecule has 0 fully saturated rings. The molecule has 0 saturated carbocycles. The number of halogens is 1. The number of fused-ring (bicyclic) bond motifs is 1. The Labute approximate surface area is 110 Å². The van der Waals surface area contributed by atoms with E-state index in [0.29, 0.717) is 6.61 Å². The predicted octanol–water partition coefficient (Wildman–Crippen LogP) is 4.37. The minimum atomic E-state index is -0.224. The Morgan fingerprint density at radius 1 is 1.05 bits per heavy atom. The minimum Gasteiger partial charge on any atom is -0.494 e. The Balaban J connectivity index is 2.03. The Bertz CT molecular complexity index is 700. The van der Waals surface area contributed by atoms with Gasteiger partial charge in [-0.05, 0) is 55.0 Å². The molecule has 2 aromatic carbocycles. The number of hydrogen-bond acceptors (Lipinski definition) is 1. The van der Waals surface area contributed by atoms with Gasteiger partial charge in [0.2, 0.25) is 0 Å². The Kier molecular flexibility index (Phi) is 2.95. The number of H-pyrrole nitrogens is 1. The van der Waals surface area contributed by atoms with Gasteiger partial charge in [0.05, 0.1) is 6.61 Å². The lowest BCUT2D eigenvalue weighted by Gasteiger charge is -2.01. The van der Waals surface area contributed by atoms with Crippen LogP contribution in [0.3, 0.4) is 0 Å². The van der Waals surface area contributed by atoms with Crippen LogP contribution >= 0.6 is 0 Å². The normalized spacial score (nSPS) is 10.8. The summed E-state index contributed by atoms with van der Waals surface area (Å²) < 4.78 is 18.4. The molecule has 3 rings (SSSR count). The van der Waals surface area contributed by atoms with Gasteiger partial charge in [-0.1, -0.05) is 0 Å². The van der Waals surface area contributed by atoms with Crippen LogP contribution in [-0.2, 0) is 0 Å². The summed E-state index contributed by atoms with van der Waals surface area (Å²) in [5, 5.41) is 1.11. The number of benzene rings is 2. The number of rotatable bonds is 3. The fourth-order valence-corrected chi connectivity index (χ4v) is 2.15. The quantitative estimate of drug-likeness (QED) is 0.738. The molecule has 1 heterocycles. The zero-order valence-corrected chi connectivity index (χ0v) is 10.6. The van der Waals surface area contributed by atoms with Gasteiger partial charge in [-0.15, -0.1) is 0 Å². The third kappa shape index (κ3) is 2.32. The standard InChI is InChI=1S/C16H14FNO/c1-2-19-14-8-5-12-9-15(18-16(12)10-14)11-3-6-13(17)7-4-11/h3-10,18H,2H2,1H3. The Morgan fingerprint density at radius 2 is 1.84 bits per heavy atom. The first-order valence-corrected chi connectivity index (χ1v) is 6.28. The van der Waals surface area contributed by atoms with E-state index in [9.17, 15) is 4.39 Å². The number of ether oxygens (including phenoxy) is 1. The molecular formula is C16H14FNO. The summed E-state index contributed by atoms with van der Waals surface area (Å²) in [6.45, 7) is 2.61. The molecule has 0 radical (unpaired) electrons. The Hall–Kier alpha value is -2.29. The van der Waals surface area contributed by atoms with E-state index in [1.165, 1.54) is 12.1 Å². The van der Waals surface area contributed by atoms with E-state index < -0.39 is 0 Å². The molecule has 0 aliphatic carbocycles. The summed E-state index contributed by atoms with van der Waals surface area (Å²) in [6.07, 6.45) is 0. The van der Waals surface area contributed by atoms with Crippen molar-refractivity contribution in [1.82, 2.24) is 4.98 Å². The third-order valence-electron chi connectivity index (χ3n) is 3.06. The number of aromatic nitrogens is 1. The number of hydrogen-bond donors (Lipinski definition) is 1. The van der Waals surface area contributed by atoms with Crippen LogP contribution in [0.1, 0.15) is 6.92 Å². The van der Waals surface area contributed by atoms with Crippen LogP contribution < -0.4 is 4.74 Å². The van der Waals surface area contributed by atoms with Gasteiger partial charge in [0, 0.05) is 22.7 Å². The van der Waals surface area contributed by atoms with E-state index in [-0.39, 0.29) is 5.82 Å². The van der Waals surface area contributed by atoms with E-state index in [2.05, 4.69) is 11.1 Å². The summed E-state index contributed by atoms with van der Waals surface area (Å²) in [7, 11) is 0. The maximum atomic E-state index is 12.9. The van der Waals surface area contributed by atoms with Gasteiger partial charge < -0.3 is 9.72 Å². The first-order chi connectivity index (χ1) is 9.26. The van der Waals surface area contributed by atoms with Crippen LogP contribution in [0, 0.1) is 5.82 Å². The summed E-state index contributed by atoms with van der Waals surface area (Å²) in [5.74, 6) is 0.626. The zero-order chi connectivity index (χ0) is 13.2. The van der Waals surface area contributed by atoms with Crippen LogP contribution in [0.5, 0.6) is 5.75 Å². The highest BCUT2D eigenvalue weighted by atomic mass is 19.1. The fourth-order valence-electron chi connectivity index (χ4n) is 2.15. The molecule has 0 amide bonds. The molecule has 1 aromatic heterocycles. The van der Waals surface area contributed by atoms with Gasteiger partial charge in [-0.3, -0.25) is 0 Å². The van der Waals surface area contributed by atoms with E-state index in [1.807, 2.05) is 25.1 Å². The first kappa shape index (κ1) is 11.8. The van der Waals surface area contributed by atoms with Gasteiger partial charge in [0.1, 0.15) is 11.6 Å². The molecule has 0 unspecified atom stereocenters. The van der Waals surface area contributed by atoms with Crippen LogP contribution in [0.25, 0.3) is 22.2 Å². The van der Waals surface area contributed by atoms with E-state index in [1.54, 1.807) is 12.1 Å². The molecule has 3 heteroatoms. The Morgan fingerprint density at radius 3 is 2.58 bits per heavy atom. The van der Waals surface area contributed by atoms with Gasteiger partial charge in [-0.25, -0.2) is 4.39 Å². The molecular weight excluding hydrogens is 241 g/mol. The van der Waals surface area contributed by atoms with Crippen LogP contribution in [-0.4, -0.2) is 11.6 Å². The van der Waals surface area contributed by atoms with Crippen molar-refractivity contribution in [3.63, 3.8) is 0 Å². The molecule has 1 N–H and O–H groups in total. The molecule has 0 aliphatic heterocycles. The molecule has 3 aromatic rings. The van der Waals surface area contributed by atoms with Crippen molar-refractivity contribution < 1.29 is 9.13 Å². The SMILES string of the molecule is CCOc1ccc2cc(-c3ccc(F)cc3)[nH]c2c1. The van der Waals surface area contributed by atoms with Crippen molar-refractivity contribution in [2.24, 2.45) is 0 Å². The number of nitrogens with one attached hydrogen (secondary N) is 1. The molecule has 19 heavy (non-hydrogen) atoms. The summed E-state index contributed by atoms with van der Waals surface area (Å²) in [6, 6.07) is 14.5. The average Bonchev–Trinajstić information content (AvgIpc) is 2.83. The molecule has 0 bridgehead atoms. The van der Waals surface area contributed by atoms with Gasteiger partial charge in [0.15, 0.2) is 0 Å². The van der Waals surface area contributed by atoms with Crippen molar-refractivity contribution in [1.29, 1.82) is 0 Å². The highest BCUT2D eigenvalue weighted by molar-refractivity contribution is 5.86. The largest absolute Gasteiger partial charge is 0.494 e. The molecule has 0 atom stereocenters. The van der Waals surface area contributed by atoms with E-state index in [0.717, 1.165) is 27.9 Å². The van der Waals surface area contributed by atoms with Crippen molar-refractivity contribution >= 4 is 10.9 Å². The fraction of sp³-hybridized carbons (Fsp3) is 0.125.